The highest BCUT2D eigenvalue weighted by molar-refractivity contribution is 6.01. The average molecular weight is 525 g/mol. The van der Waals surface area contributed by atoms with E-state index < -0.39 is 23.7 Å². The van der Waals surface area contributed by atoms with Crippen LogP contribution in [0.1, 0.15) is 11.3 Å². The van der Waals surface area contributed by atoms with Crippen LogP contribution in [0, 0.1) is 12.7 Å². The van der Waals surface area contributed by atoms with Gasteiger partial charge in [-0.1, -0.05) is 17.7 Å². The number of nitrogen functional groups attached to an aromatic ring is 1. The number of urea groups is 1. The Morgan fingerprint density at radius 3 is 2.42 bits per heavy atom. The Morgan fingerprint density at radius 2 is 1.74 bits per heavy atom. The molecule has 2 aromatic carbocycles. The number of amides is 2. The number of nitrogens with one attached hydrogen (secondary N) is 2. The number of halogens is 4. The van der Waals surface area contributed by atoms with Gasteiger partial charge in [-0.05, 0) is 37.3 Å². The highest BCUT2D eigenvalue weighted by atomic mass is 19.4. The first kappa shape index (κ1) is 24.7. The van der Waals surface area contributed by atoms with Gasteiger partial charge in [0.2, 0.25) is 0 Å². The number of anilines is 3. The van der Waals surface area contributed by atoms with Gasteiger partial charge >= 0.3 is 12.2 Å². The zero-order valence-electron chi connectivity index (χ0n) is 19.9. The summed E-state index contributed by atoms with van der Waals surface area (Å²) in [6, 6.07) is 10.2. The molecular weight excluding hydrogens is 506 g/mol. The number of aryl methyl sites for hydroxylation is 2. The molecule has 3 heterocycles. The molecule has 0 saturated carbocycles. The molecule has 38 heavy (non-hydrogen) atoms. The van der Waals surface area contributed by atoms with E-state index in [0.717, 1.165) is 16.3 Å². The number of benzene rings is 2. The van der Waals surface area contributed by atoms with Crippen LogP contribution in [0.4, 0.5) is 39.7 Å². The van der Waals surface area contributed by atoms with Crippen LogP contribution >= 0.6 is 0 Å². The van der Waals surface area contributed by atoms with Crippen molar-refractivity contribution in [1.82, 2.24) is 29.5 Å². The van der Waals surface area contributed by atoms with E-state index in [2.05, 4.69) is 30.8 Å². The Kier molecular flexibility index (Phi) is 5.93. The third kappa shape index (κ3) is 4.58. The van der Waals surface area contributed by atoms with Crippen LogP contribution in [0.2, 0.25) is 0 Å². The standard InChI is InChI=1S/C24H19F4N9O/c1-12-3-6-14(7-4-12)37-18(10-17(34-37)24(26,27)28)33-23(38)32-13-5-8-15(16(25)9-13)20-19-21(29)30-11-31-22(19)36(2)35-20/h3-11H,1-2H3,(H2,29,30,31)(H2,32,33,38). The van der Waals surface area contributed by atoms with E-state index >= 15 is 4.39 Å². The number of fused-ring (bicyclic) bond motifs is 1. The summed E-state index contributed by atoms with van der Waals surface area (Å²) in [6.07, 6.45) is -3.46. The molecule has 0 aliphatic heterocycles. The largest absolute Gasteiger partial charge is 0.435 e. The summed E-state index contributed by atoms with van der Waals surface area (Å²) in [5, 5.41) is 13.0. The van der Waals surface area contributed by atoms with Crippen LogP contribution in [0.15, 0.2) is 54.9 Å². The summed E-state index contributed by atoms with van der Waals surface area (Å²) < 4.78 is 57.5. The third-order valence-corrected chi connectivity index (χ3v) is 5.65. The number of nitrogens with two attached hydrogens (primary N) is 1. The van der Waals surface area contributed by atoms with Crippen LogP contribution in [0.3, 0.4) is 0 Å². The maximum absolute atomic E-state index is 15.1. The molecule has 5 aromatic rings. The fourth-order valence-corrected chi connectivity index (χ4v) is 3.85. The van der Waals surface area contributed by atoms with Crippen molar-refractivity contribution in [3.05, 3.63) is 71.9 Å². The van der Waals surface area contributed by atoms with Crippen molar-refractivity contribution in [3.8, 4) is 16.9 Å². The van der Waals surface area contributed by atoms with Crippen LogP contribution in [-0.4, -0.2) is 35.6 Å². The summed E-state index contributed by atoms with van der Waals surface area (Å²) in [5.74, 6) is -0.830. The lowest BCUT2D eigenvalue weighted by atomic mass is 10.1. The normalized spacial score (nSPS) is 11.6. The van der Waals surface area contributed by atoms with E-state index in [1.165, 1.54) is 23.1 Å². The molecule has 0 radical (unpaired) electrons. The molecule has 14 heteroatoms. The summed E-state index contributed by atoms with van der Waals surface area (Å²) in [4.78, 5) is 20.7. The van der Waals surface area contributed by atoms with E-state index in [4.69, 9.17) is 5.73 Å². The Labute approximate surface area is 212 Å². The quantitative estimate of drug-likeness (QED) is 0.286. The fraction of sp³-hybridized carbons (Fsp3) is 0.125. The van der Waals surface area contributed by atoms with Gasteiger partial charge in [-0.3, -0.25) is 5.32 Å². The molecule has 10 nitrogen and oxygen atoms in total. The number of hydrogen-bond acceptors (Lipinski definition) is 6. The second kappa shape index (κ2) is 9.14. The van der Waals surface area contributed by atoms with Crippen molar-refractivity contribution in [2.24, 2.45) is 7.05 Å². The van der Waals surface area contributed by atoms with Gasteiger partial charge in [0.05, 0.1) is 11.1 Å². The molecular formula is C24H19F4N9O. The Balaban J connectivity index is 1.41. The molecule has 0 aliphatic carbocycles. The topological polar surface area (TPSA) is 129 Å². The zero-order chi connectivity index (χ0) is 27.2. The molecule has 4 N–H and O–H groups in total. The SMILES string of the molecule is Cc1ccc(-n2nc(C(F)(F)F)cc2NC(=O)Nc2ccc(-c3nn(C)c4ncnc(N)c34)c(F)c2)cc1. The zero-order valence-corrected chi connectivity index (χ0v) is 19.9. The highest BCUT2D eigenvalue weighted by Gasteiger charge is 2.35. The molecule has 0 spiro atoms. The molecule has 0 aliphatic rings. The summed E-state index contributed by atoms with van der Waals surface area (Å²) in [7, 11) is 1.63. The first-order valence-electron chi connectivity index (χ1n) is 11.1. The van der Waals surface area contributed by atoms with Crippen molar-refractivity contribution in [3.63, 3.8) is 0 Å². The van der Waals surface area contributed by atoms with Gasteiger partial charge in [0, 0.05) is 24.4 Å². The highest BCUT2D eigenvalue weighted by Crippen LogP contribution is 2.33. The van der Waals surface area contributed by atoms with Gasteiger partial charge in [-0.15, -0.1) is 0 Å². The van der Waals surface area contributed by atoms with E-state index in [1.54, 1.807) is 31.3 Å². The summed E-state index contributed by atoms with van der Waals surface area (Å²) in [5.41, 5.74) is 6.73. The van der Waals surface area contributed by atoms with Crippen molar-refractivity contribution in [1.29, 1.82) is 0 Å². The Bertz CT molecular complexity index is 1670. The van der Waals surface area contributed by atoms with Crippen molar-refractivity contribution in [2.45, 2.75) is 13.1 Å². The fourth-order valence-electron chi connectivity index (χ4n) is 3.85. The van der Waals surface area contributed by atoms with E-state index in [1.807, 2.05) is 6.92 Å². The number of carbonyl (C=O) groups excluding carboxylic acids is 1. The first-order valence-corrected chi connectivity index (χ1v) is 11.1. The summed E-state index contributed by atoms with van der Waals surface area (Å²) in [6.45, 7) is 1.82. The van der Waals surface area contributed by atoms with Crippen LogP contribution in [0.5, 0.6) is 0 Å². The number of alkyl halides is 3. The lowest BCUT2D eigenvalue weighted by Gasteiger charge is -2.11. The van der Waals surface area contributed by atoms with Crippen molar-refractivity contribution >= 4 is 34.4 Å². The van der Waals surface area contributed by atoms with Gasteiger partial charge in [-0.25, -0.2) is 28.5 Å². The van der Waals surface area contributed by atoms with E-state index in [-0.39, 0.29) is 28.6 Å². The Morgan fingerprint density at radius 1 is 1.00 bits per heavy atom. The summed E-state index contributed by atoms with van der Waals surface area (Å²) >= 11 is 0. The minimum Gasteiger partial charge on any atom is -0.383 e. The van der Waals surface area contributed by atoms with Gasteiger partial charge in [0.1, 0.15) is 29.5 Å². The third-order valence-electron chi connectivity index (χ3n) is 5.65. The van der Waals surface area contributed by atoms with Crippen LogP contribution < -0.4 is 16.4 Å². The van der Waals surface area contributed by atoms with E-state index in [9.17, 15) is 18.0 Å². The molecule has 5 rings (SSSR count). The minimum absolute atomic E-state index is 0.0469. The molecule has 0 bridgehead atoms. The number of aromatic nitrogens is 6. The van der Waals surface area contributed by atoms with Gasteiger partial charge in [0.25, 0.3) is 0 Å². The van der Waals surface area contributed by atoms with Crippen LogP contribution in [-0.2, 0) is 13.2 Å². The van der Waals surface area contributed by atoms with Crippen LogP contribution in [0.25, 0.3) is 28.0 Å². The number of nitrogens with zero attached hydrogens (tertiary/aromatic N) is 6. The Hall–Kier alpha value is -5.01. The lowest BCUT2D eigenvalue weighted by molar-refractivity contribution is -0.141. The second-order valence-corrected chi connectivity index (χ2v) is 8.36. The molecule has 3 aromatic heterocycles. The number of carbonyl (C=O) groups is 1. The van der Waals surface area contributed by atoms with E-state index in [0.29, 0.717) is 22.8 Å². The van der Waals surface area contributed by atoms with Crippen molar-refractivity contribution in [2.75, 3.05) is 16.4 Å². The molecule has 0 saturated heterocycles. The molecule has 2 amide bonds. The van der Waals surface area contributed by atoms with Gasteiger partial charge in [0.15, 0.2) is 11.3 Å². The maximum atomic E-state index is 15.1. The minimum atomic E-state index is -4.73. The average Bonchev–Trinajstić information content (AvgIpc) is 3.42. The van der Waals surface area contributed by atoms with Gasteiger partial charge < -0.3 is 11.1 Å². The molecule has 0 unspecified atom stereocenters. The first-order chi connectivity index (χ1) is 18.0. The maximum Gasteiger partial charge on any atom is 0.435 e. The lowest BCUT2D eigenvalue weighted by Crippen LogP contribution is -2.21. The predicted molar refractivity (Wildman–Crippen MR) is 132 cm³/mol. The predicted octanol–water partition coefficient (Wildman–Crippen LogP) is 4.91. The molecule has 0 fully saturated rings. The smallest absolute Gasteiger partial charge is 0.383 e. The van der Waals surface area contributed by atoms with Gasteiger partial charge in [-0.2, -0.15) is 23.4 Å². The van der Waals surface area contributed by atoms with Crippen molar-refractivity contribution < 1.29 is 22.4 Å². The molecule has 194 valence electrons. The number of rotatable bonds is 4. The second-order valence-electron chi connectivity index (χ2n) is 8.36. The number of hydrogen-bond donors (Lipinski definition) is 3. The monoisotopic (exact) mass is 525 g/mol. The molecule has 0 atom stereocenters.